The second-order valence-electron chi connectivity index (χ2n) is 31.3. The van der Waals surface area contributed by atoms with Crippen molar-refractivity contribution in [2.75, 3.05) is 192 Å². The molecular formula is C84H109Cl3N19O6P3. The van der Waals surface area contributed by atoms with Crippen molar-refractivity contribution in [3.05, 3.63) is 167 Å². The number of likely N-dealkylation sites (N-methyl/N-ethyl adjacent to an activating group) is 1. The molecule has 0 spiro atoms. The molecule has 0 saturated carbocycles. The van der Waals surface area contributed by atoms with Crippen LogP contribution in [0.2, 0.25) is 15.1 Å². The fourth-order valence-electron chi connectivity index (χ4n) is 15.1. The number of aryl methyl sites for hydroxylation is 1. The molecule has 1 unspecified atom stereocenters. The predicted octanol–water partition coefficient (Wildman–Crippen LogP) is 16.6. The number of likely N-dealkylation sites (tertiary alicyclic amines) is 1. The molecule has 6 aromatic carbocycles. The molecule has 1 atom stereocenters. The van der Waals surface area contributed by atoms with Gasteiger partial charge < -0.3 is 79.6 Å². The van der Waals surface area contributed by atoms with Gasteiger partial charge in [0.05, 0.1) is 60.2 Å². The number of nitrogens with zero attached hydrogens (tertiary/aromatic N) is 13. The number of carbonyl (C=O) groups is 1. The third-order valence-corrected chi connectivity index (χ3v) is 26.8. The highest BCUT2D eigenvalue weighted by atomic mass is 35.5. The van der Waals surface area contributed by atoms with Gasteiger partial charge in [-0.05, 0) is 197 Å². The smallest absolute Gasteiger partial charge is 0.229 e. The number of para-hydroxylation sites is 3. The summed E-state index contributed by atoms with van der Waals surface area (Å²) in [5, 5.41) is 22.9. The second kappa shape index (κ2) is 38.6. The van der Waals surface area contributed by atoms with Crippen LogP contribution in [-0.2, 0) is 18.5 Å². The number of ether oxygens (including phenoxy) is 2. The Hall–Kier alpha value is -8.73. The molecule has 14 rings (SSSR count). The molecule has 31 heteroatoms. The molecule has 6 N–H and O–H groups in total. The van der Waals surface area contributed by atoms with Gasteiger partial charge in [-0.15, -0.1) is 0 Å². The number of halogens is 3. The summed E-state index contributed by atoms with van der Waals surface area (Å²) in [6.07, 6.45) is 12.3. The van der Waals surface area contributed by atoms with Gasteiger partial charge in [-0.1, -0.05) is 77.6 Å². The van der Waals surface area contributed by atoms with Crippen LogP contribution in [-0.4, -0.2) is 219 Å². The zero-order valence-electron chi connectivity index (χ0n) is 68.0. The average Bonchev–Trinajstić information content (AvgIpc) is 1.38. The van der Waals surface area contributed by atoms with Crippen LogP contribution in [0.4, 0.5) is 86.5 Å². The number of nitrogens with one attached hydrogen (secondary N) is 6. The van der Waals surface area contributed by atoms with Gasteiger partial charge in [-0.3, -0.25) is 14.6 Å². The van der Waals surface area contributed by atoms with Crippen molar-refractivity contribution in [2.45, 2.75) is 84.4 Å². The monoisotopic (exact) mass is 1680 g/mol. The van der Waals surface area contributed by atoms with Crippen molar-refractivity contribution >= 4 is 165 Å². The standard InChI is InChI=1S/C31H43ClN7O2P.C28H36ClN6OP.C25H30ClN6O3P/c1-22(2)41-28-20-24(38-14-12-23(13-15-38)39-18-16-37(3)17-19-39)10-11-26(28)35-31-33-21-25(32)30(36-31)34-27-8-6-7-9-29(27)42(4,5)40;1-20-17-21(35-16-13-22(19-35)34-14-7-4-8-15-34)11-12-24(20)32-28-30-18-23(29)27(33-28)31-25-9-5-6-10-26(25)37(2,3)36;1-17(33)31-11-13-32(14-12-31)18-9-10-20(22(15-18)35-2)29-25-27-16-19(26)24(30-25)28-21-7-5-6-8-23(21)36(3,4)34/h6-11,20-23H,12-19H2,1-5H3,(H2,33,34,35,36);5-6,9-12,17-18,22H,4,7-8,13-16,19H2,1-3H3,(H2,30,31,32,33);5-10,15-16H,11-14H2,1-4H3,(H2,27,28,29,30). The largest absolute Gasteiger partial charge is 0.494 e. The topological polar surface area (TPSA) is 259 Å². The molecule has 0 bridgehead atoms. The van der Waals surface area contributed by atoms with Crippen LogP contribution in [0.3, 0.4) is 0 Å². The summed E-state index contributed by atoms with van der Waals surface area (Å²) < 4.78 is 50.2. The molecule has 5 fully saturated rings. The zero-order valence-corrected chi connectivity index (χ0v) is 72.9. The van der Waals surface area contributed by atoms with E-state index in [9.17, 15) is 18.5 Å². The number of piperazine rings is 2. The molecule has 1 amide bonds. The van der Waals surface area contributed by atoms with E-state index >= 15 is 0 Å². The van der Waals surface area contributed by atoms with Crippen molar-refractivity contribution in [2.24, 2.45) is 0 Å². The van der Waals surface area contributed by atoms with Gasteiger partial charge in [0.2, 0.25) is 23.8 Å². The number of rotatable bonds is 23. The lowest BCUT2D eigenvalue weighted by atomic mass is 10.0. The molecule has 5 saturated heterocycles. The number of piperidine rings is 2. The molecule has 5 aliphatic rings. The summed E-state index contributed by atoms with van der Waals surface area (Å²) in [4.78, 5) is 55.3. The molecule has 0 aliphatic carbocycles. The highest BCUT2D eigenvalue weighted by Gasteiger charge is 2.31. The molecule has 9 aromatic rings. The summed E-state index contributed by atoms with van der Waals surface area (Å²) in [6.45, 7) is 32.5. The minimum absolute atomic E-state index is 0.00223. The maximum atomic E-state index is 12.8. The molecule has 8 heterocycles. The van der Waals surface area contributed by atoms with E-state index in [-0.39, 0.29) is 12.0 Å². The van der Waals surface area contributed by atoms with Gasteiger partial charge in [0, 0.05) is 148 Å². The highest BCUT2D eigenvalue weighted by Crippen LogP contribution is 2.43. The van der Waals surface area contributed by atoms with Crippen LogP contribution in [0.25, 0.3) is 0 Å². The lowest BCUT2D eigenvalue weighted by Crippen LogP contribution is -2.52. The highest BCUT2D eigenvalue weighted by molar-refractivity contribution is 7.71. The Morgan fingerprint density at radius 2 is 0.843 bits per heavy atom. The van der Waals surface area contributed by atoms with Gasteiger partial charge in [-0.25, -0.2) is 15.0 Å². The zero-order chi connectivity index (χ0) is 81.7. The number of aromatic nitrogens is 6. The fraction of sp³-hybridized carbons (Fsp3) is 0.417. The first-order valence-electron chi connectivity index (χ1n) is 39.4. The SMILES string of the molecule is CC(C)Oc1cc(N2CCC(N3CCN(C)CC3)CC2)ccc1Nc1ncc(Cl)c(Nc2ccccc2P(C)(C)=O)n1.COc1cc(N2CCN(C(C)=O)CC2)ccc1Nc1ncc(Cl)c(Nc2ccccc2P(C)(C)=O)n1.Cc1cc(N2CCC(N3CCCCC3)C2)ccc1Nc1ncc(Cl)c(Nc2ccccc2P(C)(C)=O)n1. The lowest BCUT2D eigenvalue weighted by molar-refractivity contribution is -0.129. The van der Waals surface area contributed by atoms with E-state index in [0.717, 1.165) is 108 Å². The Labute approximate surface area is 692 Å². The maximum absolute atomic E-state index is 12.8. The van der Waals surface area contributed by atoms with Gasteiger partial charge >= 0.3 is 0 Å². The normalized spacial score (nSPS) is 16.7. The Morgan fingerprint density at radius 1 is 0.452 bits per heavy atom. The summed E-state index contributed by atoms with van der Waals surface area (Å²) in [6, 6.07) is 42.5. The van der Waals surface area contributed by atoms with Crippen molar-refractivity contribution in [1.29, 1.82) is 0 Å². The number of hydrogen-bond acceptors (Lipinski definition) is 24. The first kappa shape index (κ1) is 85.6. The van der Waals surface area contributed by atoms with Gasteiger partial charge in [-0.2, -0.15) is 15.0 Å². The first-order valence-corrected chi connectivity index (χ1v) is 48.3. The molecular weight excluding hydrogens is 1570 g/mol. The van der Waals surface area contributed by atoms with E-state index in [4.69, 9.17) is 44.3 Å². The number of anilines is 15. The second-order valence-corrected chi connectivity index (χ2v) is 42.1. The molecule has 25 nitrogen and oxygen atoms in total. The van der Waals surface area contributed by atoms with Crippen LogP contribution < -0.4 is 72.0 Å². The molecule has 612 valence electrons. The quantitative estimate of drug-likeness (QED) is 0.0325. The fourth-order valence-corrected chi connectivity index (χ4v) is 19.0. The molecule has 115 heavy (non-hydrogen) atoms. The predicted molar refractivity (Wildman–Crippen MR) is 479 cm³/mol. The van der Waals surface area contributed by atoms with E-state index in [1.54, 1.807) is 66.4 Å². The van der Waals surface area contributed by atoms with Gasteiger partial charge in [0.15, 0.2) is 17.5 Å². The van der Waals surface area contributed by atoms with Crippen LogP contribution in [0, 0.1) is 6.92 Å². The number of hydrogen-bond donors (Lipinski definition) is 6. The van der Waals surface area contributed by atoms with E-state index < -0.39 is 21.4 Å². The van der Waals surface area contributed by atoms with Crippen molar-refractivity contribution in [3.63, 3.8) is 0 Å². The summed E-state index contributed by atoms with van der Waals surface area (Å²) in [5.41, 5.74) is 9.13. The van der Waals surface area contributed by atoms with Crippen molar-refractivity contribution < 1.29 is 28.0 Å². The number of carbonyl (C=O) groups excluding carboxylic acids is 1. The maximum Gasteiger partial charge on any atom is 0.229 e. The van der Waals surface area contributed by atoms with Crippen molar-refractivity contribution in [1.82, 2.24) is 49.5 Å². The Morgan fingerprint density at radius 3 is 1.28 bits per heavy atom. The van der Waals surface area contributed by atoms with E-state index in [0.29, 0.717) is 98.4 Å². The van der Waals surface area contributed by atoms with Crippen LogP contribution in [0.5, 0.6) is 11.5 Å². The molecule has 3 aromatic heterocycles. The van der Waals surface area contributed by atoms with E-state index in [2.05, 4.69) is 136 Å². The van der Waals surface area contributed by atoms with E-state index in [1.807, 2.05) is 116 Å². The molecule has 5 aliphatic heterocycles. The van der Waals surface area contributed by atoms with E-state index in [1.165, 1.54) is 76.6 Å². The minimum Gasteiger partial charge on any atom is -0.494 e. The van der Waals surface area contributed by atoms with Crippen molar-refractivity contribution in [3.8, 4) is 11.5 Å². The Bertz CT molecular complexity index is 5000. The summed E-state index contributed by atoms with van der Waals surface area (Å²) >= 11 is 19.3. The lowest BCUT2D eigenvalue weighted by Gasteiger charge is -2.42. The third kappa shape index (κ3) is 22.9. The minimum atomic E-state index is -2.51. The van der Waals surface area contributed by atoms with Crippen LogP contribution >= 0.6 is 56.2 Å². The number of amides is 1. The Balaban J connectivity index is 0.000000160. The van der Waals surface area contributed by atoms with Gasteiger partial charge in [0.25, 0.3) is 0 Å². The average molecular weight is 1680 g/mol. The van der Waals surface area contributed by atoms with Crippen LogP contribution in [0.1, 0.15) is 64.9 Å². The summed E-state index contributed by atoms with van der Waals surface area (Å²) in [5.74, 6) is 3.94. The van der Waals surface area contributed by atoms with Gasteiger partial charge in [0.1, 0.15) is 48.0 Å². The number of benzene rings is 6. The third-order valence-electron chi connectivity index (χ3n) is 21.3. The van der Waals surface area contributed by atoms with Crippen LogP contribution in [0.15, 0.2) is 146 Å². The molecule has 0 radical (unpaired) electrons. The number of methoxy groups -OCH3 is 1. The Kier molecular flexibility index (Phi) is 28.7. The summed E-state index contributed by atoms with van der Waals surface area (Å²) in [7, 11) is -3.69. The first-order chi connectivity index (χ1) is 55.0.